The largest absolute Gasteiger partial charge is 0.391 e. The maximum atomic E-state index is 12.1. The van der Waals surface area contributed by atoms with Gasteiger partial charge in [0.15, 0.2) is 11.5 Å². The van der Waals surface area contributed by atoms with E-state index in [4.69, 9.17) is 4.52 Å². The van der Waals surface area contributed by atoms with Crippen molar-refractivity contribution in [1.29, 1.82) is 0 Å². The van der Waals surface area contributed by atoms with E-state index in [1.807, 2.05) is 17.5 Å². The van der Waals surface area contributed by atoms with Crippen molar-refractivity contribution in [3.63, 3.8) is 0 Å². The van der Waals surface area contributed by atoms with Gasteiger partial charge in [-0.1, -0.05) is 24.1 Å². The van der Waals surface area contributed by atoms with Crippen molar-refractivity contribution >= 4 is 17.2 Å². The standard InChI is InChI=1S/C14H16N2O3S/c17-11-5-2-1-4-9(11)15-14(18)10-8-12(19-16-10)13-6-3-7-20-13/h3,6-9,11,17H,1-2,4-5H2,(H,15,18)/t9-,11-/m0/s1. The zero-order valence-corrected chi connectivity index (χ0v) is 11.7. The number of nitrogens with zero attached hydrogens (tertiary/aromatic N) is 1. The molecular weight excluding hydrogens is 276 g/mol. The molecule has 2 aromatic rings. The molecule has 2 N–H and O–H groups in total. The molecule has 0 bridgehead atoms. The number of carbonyl (C=O) groups excluding carboxylic acids is 1. The first-order valence-electron chi connectivity index (χ1n) is 6.73. The van der Waals surface area contributed by atoms with E-state index >= 15 is 0 Å². The van der Waals surface area contributed by atoms with Crippen LogP contribution in [0.15, 0.2) is 28.1 Å². The SMILES string of the molecule is O=C(N[C@H]1CCCC[C@@H]1O)c1cc(-c2cccs2)on1. The summed E-state index contributed by atoms with van der Waals surface area (Å²) >= 11 is 1.53. The van der Waals surface area contributed by atoms with Gasteiger partial charge in [-0.3, -0.25) is 4.79 Å². The van der Waals surface area contributed by atoms with Gasteiger partial charge in [0.25, 0.3) is 5.91 Å². The summed E-state index contributed by atoms with van der Waals surface area (Å²) in [6, 6.07) is 5.28. The van der Waals surface area contributed by atoms with E-state index in [0.717, 1.165) is 30.6 Å². The quantitative estimate of drug-likeness (QED) is 0.911. The number of carbonyl (C=O) groups is 1. The molecule has 1 aliphatic rings. The van der Waals surface area contributed by atoms with Crippen molar-refractivity contribution in [2.24, 2.45) is 0 Å². The summed E-state index contributed by atoms with van der Waals surface area (Å²) in [5, 5.41) is 18.4. The molecule has 0 radical (unpaired) electrons. The Morgan fingerprint density at radius 2 is 2.30 bits per heavy atom. The molecule has 20 heavy (non-hydrogen) atoms. The fourth-order valence-corrected chi connectivity index (χ4v) is 3.11. The van der Waals surface area contributed by atoms with Crippen molar-refractivity contribution < 1.29 is 14.4 Å². The van der Waals surface area contributed by atoms with Gasteiger partial charge in [0.1, 0.15) is 0 Å². The molecule has 1 saturated carbocycles. The van der Waals surface area contributed by atoms with Gasteiger partial charge >= 0.3 is 0 Å². The van der Waals surface area contributed by atoms with Crippen LogP contribution in [0.3, 0.4) is 0 Å². The minimum atomic E-state index is -0.462. The number of thiophene rings is 1. The van der Waals surface area contributed by atoms with Gasteiger partial charge in [0, 0.05) is 6.07 Å². The monoisotopic (exact) mass is 292 g/mol. The third-order valence-corrected chi connectivity index (χ3v) is 4.44. The molecule has 1 aliphatic carbocycles. The zero-order valence-electron chi connectivity index (χ0n) is 10.9. The minimum Gasteiger partial charge on any atom is -0.391 e. The summed E-state index contributed by atoms with van der Waals surface area (Å²) < 4.78 is 5.18. The predicted octanol–water partition coefficient (Wildman–Crippen LogP) is 2.44. The van der Waals surface area contributed by atoms with Crippen LogP contribution in [0.25, 0.3) is 10.6 Å². The fraction of sp³-hybridized carbons (Fsp3) is 0.429. The van der Waals surface area contributed by atoms with E-state index in [1.54, 1.807) is 6.07 Å². The van der Waals surface area contributed by atoms with E-state index in [2.05, 4.69) is 10.5 Å². The number of nitrogens with one attached hydrogen (secondary N) is 1. The summed E-state index contributed by atoms with van der Waals surface area (Å²) in [6.07, 6.45) is 3.13. The first-order chi connectivity index (χ1) is 9.74. The summed E-state index contributed by atoms with van der Waals surface area (Å²) in [5.41, 5.74) is 0.256. The normalized spacial score (nSPS) is 22.6. The van der Waals surface area contributed by atoms with Crippen LogP contribution in [0, 0.1) is 0 Å². The molecule has 106 valence electrons. The lowest BCUT2D eigenvalue weighted by molar-refractivity contribution is 0.0711. The van der Waals surface area contributed by atoms with Gasteiger partial charge in [-0.25, -0.2) is 0 Å². The van der Waals surface area contributed by atoms with Gasteiger partial charge in [-0.2, -0.15) is 0 Å². The number of aliphatic hydroxyl groups excluding tert-OH is 1. The first kappa shape index (κ1) is 13.3. The van der Waals surface area contributed by atoms with Crippen molar-refractivity contribution in [3.05, 3.63) is 29.3 Å². The molecule has 1 fully saturated rings. The Morgan fingerprint density at radius 3 is 3.05 bits per heavy atom. The number of aromatic nitrogens is 1. The minimum absolute atomic E-state index is 0.182. The lowest BCUT2D eigenvalue weighted by atomic mass is 9.92. The predicted molar refractivity (Wildman–Crippen MR) is 75.5 cm³/mol. The molecule has 2 aromatic heterocycles. The van der Waals surface area contributed by atoms with Gasteiger partial charge in [-0.05, 0) is 24.3 Å². The van der Waals surface area contributed by atoms with Crippen LogP contribution in [0.4, 0.5) is 0 Å². The highest BCUT2D eigenvalue weighted by Gasteiger charge is 2.26. The van der Waals surface area contributed by atoms with E-state index in [9.17, 15) is 9.90 Å². The molecule has 0 saturated heterocycles. The number of rotatable bonds is 3. The second-order valence-corrected chi connectivity index (χ2v) is 5.93. The van der Waals surface area contributed by atoms with Crippen molar-refractivity contribution in [2.45, 2.75) is 37.8 Å². The highest BCUT2D eigenvalue weighted by atomic mass is 32.1. The molecule has 6 heteroatoms. The van der Waals surface area contributed by atoms with Gasteiger partial charge in [0.2, 0.25) is 0 Å². The smallest absolute Gasteiger partial charge is 0.273 e. The molecule has 5 nitrogen and oxygen atoms in total. The molecule has 3 rings (SSSR count). The first-order valence-corrected chi connectivity index (χ1v) is 7.61. The number of amides is 1. The molecule has 1 amide bonds. The lowest BCUT2D eigenvalue weighted by Gasteiger charge is -2.27. The highest BCUT2D eigenvalue weighted by molar-refractivity contribution is 7.13. The Kier molecular flexibility index (Phi) is 3.84. The van der Waals surface area contributed by atoms with E-state index in [-0.39, 0.29) is 17.6 Å². The van der Waals surface area contributed by atoms with Crippen LogP contribution in [-0.4, -0.2) is 28.3 Å². The van der Waals surface area contributed by atoms with Gasteiger partial charge in [0.05, 0.1) is 17.0 Å². The summed E-state index contributed by atoms with van der Waals surface area (Å²) in [7, 11) is 0. The summed E-state index contributed by atoms with van der Waals surface area (Å²) in [6.45, 7) is 0. The molecular formula is C14H16N2O3S. The summed E-state index contributed by atoms with van der Waals surface area (Å²) in [4.78, 5) is 13.0. The summed E-state index contributed by atoms with van der Waals surface area (Å²) in [5.74, 6) is 0.303. The van der Waals surface area contributed by atoms with E-state index in [0.29, 0.717) is 5.76 Å². The highest BCUT2D eigenvalue weighted by Crippen LogP contribution is 2.25. The Morgan fingerprint density at radius 1 is 1.45 bits per heavy atom. The Hall–Kier alpha value is -1.66. The third-order valence-electron chi connectivity index (χ3n) is 3.55. The second-order valence-electron chi connectivity index (χ2n) is 4.99. The Balaban J connectivity index is 1.68. The average molecular weight is 292 g/mol. The number of hydrogen-bond donors (Lipinski definition) is 2. The zero-order chi connectivity index (χ0) is 13.9. The van der Waals surface area contributed by atoms with E-state index < -0.39 is 6.10 Å². The number of hydrogen-bond acceptors (Lipinski definition) is 5. The van der Waals surface area contributed by atoms with Crippen LogP contribution in [0.5, 0.6) is 0 Å². The second kappa shape index (κ2) is 5.76. The lowest BCUT2D eigenvalue weighted by Crippen LogP contribution is -2.45. The molecule has 0 aromatic carbocycles. The van der Waals surface area contributed by atoms with Crippen LogP contribution in [0.2, 0.25) is 0 Å². The van der Waals surface area contributed by atoms with Crippen molar-refractivity contribution in [1.82, 2.24) is 10.5 Å². The van der Waals surface area contributed by atoms with Crippen LogP contribution in [-0.2, 0) is 0 Å². The third kappa shape index (κ3) is 2.76. The Labute approximate surface area is 120 Å². The van der Waals surface area contributed by atoms with Gasteiger partial charge < -0.3 is 14.9 Å². The number of aliphatic hydroxyl groups is 1. The molecule has 2 heterocycles. The van der Waals surface area contributed by atoms with Crippen LogP contribution < -0.4 is 5.32 Å². The molecule has 0 spiro atoms. The fourth-order valence-electron chi connectivity index (χ4n) is 2.44. The maximum Gasteiger partial charge on any atom is 0.273 e. The maximum absolute atomic E-state index is 12.1. The Bertz CT molecular complexity index is 579. The van der Waals surface area contributed by atoms with Crippen LogP contribution >= 0.6 is 11.3 Å². The molecule has 0 unspecified atom stereocenters. The van der Waals surface area contributed by atoms with Crippen molar-refractivity contribution in [3.8, 4) is 10.6 Å². The van der Waals surface area contributed by atoms with E-state index in [1.165, 1.54) is 11.3 Å². The van der Waals surface area contributed by atoms with Gasteiger partial charge in [-0.15, -0.1) is 11.3 Å². The van der Waals surface area contributed by atoms with Crippen molar-refractivity contribution in [2.75, 3.05) is 0 Å². The average Bonchev–Trinajstić information content (AvgIpc) is 3.11. The topological polar surface area (TPSA) is 75.4 Å². The molecule has 0 aliphatic heterocycles. The molecule has 2 atom stereocenters. The van der Waals surface area contributed by atoms with Crippen LogP contribution in [0.1, 0.15) is 36.2 Å².